The standard InChI is InChI=1S/C21H27NO3/c1-5-10-22-19(23)11-13(2)16-12-17-15-8-6-7-9-18(15)25-21(17)14(3)20(16)24-4/h11-12H,5-10H2,1-4H3,(H,22,23)/b13-11+. The summed E-state index contributed by atoms with van der Waals surface area (Å²) >= 11 is 0. The molecule has 4 nitrogen and oxygen atoms in total. The van der Waals surface area contributed by atoms with E-state index in [-0.39, 0.29) is 5.91 Å². The average Bonchev–Trinajstić information content (AvgIpc) is 2.99. The summed E-state index contributed by atoms with van der Waals surface area (Å²) in [4.78, 5) is 12.1. The molecule has 1 amide bonds. The molecule has 1 N–H and O–H groups in total. The molecule has 1 heterocycles. The van der Waals surface area contributed by atoms with E-state index in [0.29, 0.717) is 6.54 Å². The Morgan fingerprint density at radius 3 is 2.84 bits per heavy atom. The van der Waals surface area contributed by atoms with Gasteiger partial charge in [-0.15, -0.1) is 0 Å². The minimum atomic E-state index is -0.0617. The highest BCUT2D eigenvalue weighted by atomic mass is 16.5. The van der Waals surface area contributed by atoms with Gasteiger partial charge in [-0.1, -0.05) is 6.92 Å². The van der Waals surface area contributed by atoms with Crippen LogP contribution in [-0.2, 0) is 17.6 Å². The van der Waals surface area contributed by atoms with Crippen LogP contribution in [0.4, 0.5) is 0 Å². The maximum Gasteiger partial charge on any atom is 0.244 e. The van der Waals surface area contributed by atoms with E-state index in [1.165, 1.54) is 23.8 Å². The number of nitrogens with one attached hydrogen (secondary N) is 1. The van der Waals surface area contributed by atoms with E-state index in [4.69, 9.17) is 9.15 Å². The van der Waals surface area contributed by atoms with Crippen LogP contribution in [0.15, 0.2) is 16.6 Å². The Kier molecular flexibility index (Phi) is 5.16. The second kappa shape index (κ2) is 7.34. The topological polar surface area (TPSA) is 51.5 Å². The maximum atomic E-state index is 12.1. The third-order valence-electron chi connectivity index (χ3n) is 4.95. The first kappa shape index (κ1) is 17.6. The van der Waals surface area contributed by atoms with Crippen molar-refractivity contribution in [2.24, 2.45) is 0 Å². The smallest absolute Gasteiger partial charge is 0.244 e. The van der Waals surface area contributed by atoms with Gasteiger partial charge in [0.25, 0.3) is 0 Å². The number of aryl methyl sites for hydroxylation is 3. The van der Waals surface area contributed by atoms with Gasteiger partial charge in [0, 0.05) is 41.1 Å². The van der Waals surface area contributed by atoms with Crippen molar-refractivity contribution in [1.29, 1.82) is 0 Å². The normalized spacial score (nSPS) is 14.5. The Morgan fingerprint density at radius 2 is 2.12 bits per heavy atom. The molecule has 25 heavy (non-hydrogen) atoms. The van der Waals surface area contributed by atoms with Gasteiger partial charge in [0.05, 0.1) is 7.11 Å². The van der Waals surface area contributed by atoms with Gasteiger partial charge in [0.2, 0.25) is 5.91 Å². The fourth-order valence-electron chi connectivity index (χ4n) is 3.67. The van der Waals surface area contributed by atoms with Crippen molar-refractivity contribution in [2.45, 2.75) is 52.9 Å². The number of furan rings is 1. The van der Waals surface area contributed by atoms with Crippen LogP contribution in [0.2, 0.25) is 0 Å². The zero-order chi connectivity index (χ0) is 18.0. The summed E-state index contributed by atoms with van der Waals surface area (Å²) in [5.41, 5.74) is 5.13. The van der Waals surface area contributed by atoms with Crippen molar-refractivity contribution < 1.29 is 13.9 Å². The molecule has 0 radical (unpaired) electrons. The van der Waals surface area contributed by atoms with E-state index in [9.17, 15) is 4.79 Å². The Labute approximate surface area is 149 Å². The highest BCUT2D eigenvalue weighted by Gasteiger charge is 2.22. The fourth-order valence-corrected chi connectivity index (χ4v) is 3.67. The molecule has 0 unspecified atom stereocenters. The molecule has 1 aromatic heterocycles. The fraction of sp³-hybridized carbons (Fsp3) is 0.476. The lowest BCUT2D eigenvalue weighted by Crippen LogP contribution is -2.21. The first-order chi connectivity index (χ1) is 12.1. The molecule has 0 saturated carbocycles. The molecular formula is C21H27NO3. The van der Waals surface area contributed by atoms with Gasteiger partial charge in [0.1, 0.15) is 17.1 Å². The number of carbonyl (C=O) groups excluding carboxylic acids is 1. The van der Waals surface area contributed by atoms with Crippen molar-refractivity contribution in [3.05, 3.63) is 34.6 Å². The molecule has 4 heteroatoms. The SMILES string of the molecule is CCCNC(=O)/C=C(\C)c1cc2c3c(oc2c(C)c1OC)CCCC3. The van der Waals surface area contributed by atoms with Gasteiger partial charge in [-0.05, 0) is 51.2 Å². The first-order valence-corrected chi connectivity index (χ1v) is 9.15. The Morgan fingerprint density at radius 1 is 1.36 bits per heavy atom. The lowest BCUT2D eigenvalue weighted by atomic mass is 9.93. The zero-order valence-electron chi connectivity index (χ0n) is 15.6. The zero-order valence-corrected chi connectivity index (χ0v) is 15.6. The van der Waals surface area contributed by atoms with E-state index >= 15 is 0 Å². The number of allylic oxidation sites excluding steroid dienone is 1. The van der Waals surface area contributed by atoms with Crippen LogP contribution in [0.5, 0.6) is 5.75 Å². The van der Waals surface area contributed by atoms with Gasteiger partial charge in [-0.2, -0.15) is 0 Å². The first-order valence-electron chi connectivity index (χ1n) is 9.15. The molecule has 0 saturated heterocycles. The summed E-state index contributed by atoms with van der Waals surface area (Å²) in [6, 6.07) is 2.13. The van der Waals surface area contributed by atoms with E-state index in [2.05, 4.69) is 11.4 Å². The van der Waals surface area contributed by atoms with E-state index < -0.39 is 0 Å². The maximum absolute atomic E-state index is 12.1. The molecule has 0 aliphatic heterocycles. The van der Waals surface area contributed by atoms with Crippen molar-refractivity contribution in [3.8, 4) is 5.75 Å². The second-order valence-electron chi connectivity index (χ2n) is 6.79. The number of amides is 1. The summed E-state index contributed by atoms with van der Waals surface area (Å²) in [5.74, 6) is 1.84. The summed E-state index contributed by atoms with van der Waals surface area (Å²) in [6.45, 7) is 6.72. The molecule has 0 atom stereocenters. The Balaban J connectivity index is 2.10. The lowest BCUT2D eigenvalue weighted by molar-refractivity contribution is -0.116. The number of ether oxygens (including phenoxy) is 1. The number of benzene rings is 1. The molecule has 3 rings (SSSR count). The predicted octanol–water partition coefficient (Wildman–Crippen LogP) is 4.56. The van der Waals surface area contributed by atoms with Crippen molar-refractivity contribution >= 4 is 22.4 Å². The van der Waals surface area contributed by atoms with Crippen LogP contribution in [0.25, 0.3) is 16.5 Å². The van der Waals surface area contributed by atoms with E-state index in [1.54, 1.807) is 13.2 Å². The van der Waals surface area contributed by atoms with Crippen LogP contribution >= 0.6 is 0 Å². The van der Waals surface area contributed by atoms with Gasteiger partial charge in [-0.25, -0.2) is 0 Å². The number of hydrogen-bond donors (Lipinski definition) is 1. The van der Waals surface area contributed by atoms with Crippen molar-refractivity contribution in [1.82, 2.24) is 5.32 Å². The summed E-state index contributed by atoms with van der Waals surface area (Å²) in [5, 5.41) is 4.06. The third-order valence-corrected chi connectivity index (χ3v) is 4.95. The van der Waals surface area contributed by atoms with Crippen LogP contribution < -0.4 is 10.1 Å². The monoisotopic (exact) mass is 341 g/mol. The molecule has 1 aliphatic carbocycles. The van der Waals surface area contributed by atoms with E-state index in [0.717, 1.165) is 53.1 Å². The highest BCUT2D eigenvalue weighted by molar-refractivity contribution is 5.98. The quantitative estimate of drug-likeness (QED) is 0.811. The molecule has 2 aromatic rings. The van der Waals surface area contributed by atoms with E-state index in [1.807, 2.05) is 20.8 Å². The van der Waals surface area contributed by atoms with Gasteiger partial charge < -0.3 is 14.5 Å². The van der Waals surface area contributed by atoms with Crippen LogP contribution in [0.1, 0.15) is 55.6 Å². The second-order valence-corrected chi connectivity index (χ2v) is 6.79. The minimum absolute atomic E-state index is 0.0617. The molecule has 0 spiro atoms. The number of methoxy groups -OCH3 is 1. The van der Waals surface area contributed by atoms with Gasteiger partial charge in [0.15, 0.2) is 0 Å². The summed E-state index contributed by atoms with van der Waals surface area (Å²) < 4.78 is 11.8. The van der Waals surface area contributed by atoms with Crippen LogP contribution in [0, 0.1) is 6.92 Å². The summed E-state index contributed by atoms with van der Waals surface area (Å²) in [6.07, 6.45) is 7.05. The number of rotatable bonds is 5. The largest absolute Gasteiger partial charge is 0.496 e. The average molecular weight is 341 g/mol. The van der Waals surface area contributed by atoms with Crippen molar-refractivity contribution in [3.63, 3.8) is 0 Å². The van der Waals surface area contributed by atoms with Gasteiger partial charge in [-0.3, -0.25) is 4.79 Å². The van der Waals surface area contributed by atoms with Crippen LogP contribution in [0.3, 0.4) is 0 Å². The van der Waals surface area contributed by atoms with Crippen molar-refractivity contribution in [2.75, 3.05) is 13.7 Å². The molecule has 0 bridgehead atoms. The lowest BCUT2D eigenvalue weighted by Gasteiger charge is -2.13. The molecule has 134 valence electrons. The highest BCUT2D eigenvalue weighted by Crippen LogP contribution is 2.40. The minimum Gasteiger partial charge on any atom is -0.496 e. The van der Waals surface area contributed by atoms with Gasteiger partial charge >= 0.3 is 0 Å². The number of hydrogen-bond acceptors (Lipinski definition) is 3. The number of fused-ring (bicyclic) bond motifs is 3. The summed E-state index contributed by atoms with van der Waals surface area (Å²) in [7, 11) is 1.67. The molecular weight excluding hydrogens is 314 g/mol. The Hall–Kier alpha value is -2.23. The number of carbonyl (C=O) groups is 1. The molecule has 0 fully saturated rings. The third kappa shape index (κ3) is 3.30. The Bertz CT molecular complexity index is 830. The predicted molar refractivity (Wildman–Crippen MR) is 101 cm³/mol. The van der Waals surface area contributed by atoms with Crippen LogP contribution in [-0.4, -0.2) is 19.6 Å². The molecule has 1 aromatic carbocycles. The molecule has 1 aliphatic rings.